The number of ketones is 1. The minimum atomic E-state index is -0.184. The lowest BCUT2D eigenvalue weighted by Gasteiger charge is -2.13. The average Bonchev–Trinajstić information content (AvgIpc) is 2.76. The molecule has 4 nitrogen and oxygen atoms in total. The van der Waals surface area contributed by atoms with E-state index in [1.807, 2.05) is 60.7 Å². The van der Waals surface area contributed by atoms with Crippen LogP contribution in [-0.4, -0.2) is 20.0 Å². The number of hydrogen-bond donors (Lipinski definition) is 0. The van der Waals surface area contributed by atoms with Crippen LogP contribution in [0.2, 0.25) is 0 Å². The van der Waals surface area contributed by atoms with Crippen molar-refractivity contribution in [1.29, 1.82) is 0 Å². The number of ether oxygens (including phenoxy) is 3. The third-order valence-corrected chi connectivity index (χ3v) is 4.23. The van der Waals surface area contributed by atoms with Gasteiger partial charge in [0.15, 0.2) is 5.78 Å². The number of methoxy groups -OCH3 is 2. The number of carbonyl (C=O) groups excluding carboxylic acids is 1. The normalized spacial score (nSPS) is 10.6. The van der Waals surface area contributed by atoms with Crippen molar-refractivity contribution in [3.8, 4) is 17.2 Å². The molecule has 0 heterocycles. The lowest BCUT2D eigenvalue weighted by Crippen LogP contribution is -2.05. The predicted octanol–water partition coefficient (Wildman–Crippen LogP) is 5.18. The zero-order valence-electron chi connectivity index (χ0n) is 15.9. The van der Waals surface area contributed by atoms with E-state index in [1.54, 1.807) is 32.4 Å². The Kier molecular flexibility index (Phi) is 6.47. The van der Waals surface area contributed by atoms with Gasteiger partial charge < -0.3 is 14.2 Å². The standard InChI is InChI=1S/C24H22O4/c1-26-20-14-11-18(12-15-20)13-16-21(25)24-22(27-2)9-6-10-23(24)28-17-19-7-4-3-5-8-19/h3-16H,17H2,1-2H3/b16-13-. The molecule has 0 radical (unpaired) electrons. The molecule has 0 saturated heterocycles. The summed E-state index contributed by atoms with van der Waals surface area (Å²) in [5, 5.41) is 0. The van der Waals surface area contributed by atoms with Crippen LogP contribution < -0.4 is 14.2 Å². The molecule has 0 aromatic heterocycles. The molecule has 0 aliphatic rings. The van der Waals surface area contributed by atoms with Gasteiger partial charge in [0, 0.05) is 0 Å². The molecule has 0 bridgehead atoms. The van der Waals surface area contributed by atoms with Gasteiger partial charge in [0.1, 0.15) is 29.4 Å². The third kappa shape index (κ3) is 4.80. The first-order valence-electron chi connectivity index (χ1n) is 8.91. The van der Waals surface area contributed by atoms with Gasteiger partial charge in [0.2, 0.25) is 0 Å². The lowest BCUT2D eigenvalue weighted by atomic mass is 10.1. The number of benzene rings is 3. The van der Waals surface area contributed by atoms with Crippen LogP contribution >= 0.6 is 0 Å². The third-order valence-electron chi connectivity index (χ3n) is 4.23. The SMILES string of the molecule is COc1ccc(/C=C\C(=O)c2c(OC)cccc2OCc2ccccc2)cc1. The summed E-state index contributed by atoms with van der Waals surface area (Å²) in [6.07, 6.45) is 3.28. The molecule has 0 N–H and O–H groups in total. The number of allylic oxidation sites excluding steroid dienone is 1. The maximum absolute atomic E-state index is 12.9. The Bertz CT molecular complexity index is 944. The molecule has 0 saturated carbocycles. The summed E-state index contributed by atoms with van der Waals surface area (Å²) >= 11 is 0. The maximum atomic E-state index is 12.9. The Morgan fingerprint density at radius 2 is 1.54 bits per heavy atom. The minimum absolute atomic E-state index is 0.184. The van der Waals surface area contributed by atoms with Crippen LogP contribution in [0.4, 0.5) is 0 Å². The number of carbonyl (C=O) groups is 1. The van der Waals surface area contributed by atoms with Crippen LogP contribution in [-0.2, 0) is 6.61 Å². The Morgan fingerprint density at radius 3 is 2.21 bits per heavy atom. The molecule has 3 aromatic rings. The van der Waals surface area contributed by atoms with Crippen LogP contribution in [0, 0.1) is 0 Å². The van der Waals surface area contributed by atoms with E-state index in [9.17, 15) is 4.79 Å². The van der Waals surface area contributed by atoms with Crippen LogP contribution in [0.15, 0.2) is 78.9 Å². The van der Waals surface area contributed by atoms with Crippen molar-refractivity contribution in [2.45, 2.75) is 6.61 Å². The fourth-order valence-electron chi connectivity index (χ4n) is 2.75. The van der Waals surface area contributed by atoms with E-state index in [2.05, 4.69) is 0 Å². The molecule has 0 atom stereocenters. The zero-order valence-corrected chi connectivity index (χ0v) is 15.9. The molecule has 3 aromatic carbocycles. The largest absolute Gasteiger partial charge is 0.497 e. The van der Waals surface area contributed by atoms with E-state index < -0.39 is 0 Å². The van der Waals surface area contributed by atoms with E-state index in [1.165, 1.54) is 6.08 Å². The predicted molar refractivity (Wildman–Crippen MR) is 110 cm³/mol. The van der Waals surface area contributed by atoms with Crippen molar-refractivity contribution >= 4 is 11.9 Å². The van der Waals surface area contributed by atoms with Gasteiger partial charge in [0.25, 0.3) is 0 Å². The Morgan fingerprint density at radius 1 is 0.821 bits per heavy atom. The fourth-order valence-corrected chi connectivity index (χ4v) is 2.75. The minimum Gasteiger partial charge on any atom is -0.497 e. The van der Waals surface area contributed by atoms with Crippen LogP contribution in [0.3, 0.4) is 0 Å². The summed E-state index contributed by atoms with van der Waals surface area (Å²) in [4.78, 5) is 12.9. The number of rotatable bonds is 8. The van der Waals surface area contributed by atoms with Crippen molar-refractivity contribution in [3.05, 3.63) is 95.6 Å². The monoisotopic (exact) mass is 374 g/mol. The summed E-state index contributed by atoms with van der Waals surface area (Å²) in [6, 6.07) is 22.6. The van der Waals surface area contributed by atoms with Gasteiger partial charge >= 0.3 is 0 Å². The molecular formula is C24H22O4. The van der Waals surface area contributed by atoms with Gasteiger partial charge in [-0.3, -0.25) is 4.79 Å². The fraction of sp³-hybridized carbons (Fsp3) is 0.125. The lowest BCUT2D eigenvalue weighted by molar-refractivity contribution is 0.104. The van der Waals surface area contributed by atoms with Gasteiger partial charge in [-0.05, 0) is 41.5 Å². The van der Waals surface area contributed by atoms with E-state index >= 15 is 0 Å². The van der Waals surface area contributed by atoms with Gasteiger partial charge in [-0.25, -0.2) is 0 Å². The van der Waals surface area contributed by atoms with E-state index in [-0.39, 0.29) is 5.78 Å². The highest BCUT2D eigenvalue weighted by Gasteiger charge is 2.16. The second kappa shape index (κ2) is 9.42. The Balaban J connectivity index is 1.81. The van der Waals surface area contributed by atoms with Gasteiger partial charge in [-0.15, -0.1) is 0 Å². The van der Waals surface area contributed by atoms with Crippen molar-refractivity contribution in [2.75, 3.05) is 14.2 Å². The molecule has 0 spiro atoms. The topological polar surface area (TPSA) is 44.8 Å². The molecule has 3 rings (SSSR count). The van der Waals surface area contributed by atoms with Crippen molar-refractivity contribution in [1.82, 2.24) is 0 Å². The van der Waals surface area contributed by atoms with Crippen LogP contribution in [0.1, 0.15) is 21.5 Å². The summed E-state index contributed by atoms with van der Waals surface area (Å²) in [5.41, 5.74) is 2.33. The van der Waals surface area contributed by atoms with Crippen molar-refractivity contribution in [2.24, 2.45) is 0 Å². The quantitative estimate of drug-likeness (QED) is 0.403. The zero-order chi connectivity index (χ0) is 19.8. The Hall–Kier alpha value is -3.53. The first-order valence-corrected chi connectivity index (χ1v) is 8.91. The smallest absolute Gasteiger partial charge is 0.193 e. The van der Waals surface area contributed by atoms with E-state index in [0.717, 1.165) is 16.9 Å². The van der Waals surface area contributed by atoms with Gasteiger partial charge in [-0.1, -0.05) is 54.6 Å². The summed E-state index contributed by atoms with van der Waals surface area (Å²) in [5.74, 6) is 1.56. The van der Waals surface area contributed by atoms with E-state index in [4.69, 9.17) is 14.2 Å². The van der Waals surface area contributed by atoms with E-state index in [0.29, 0.717) is 23.7 Å². The average molecular weight is 374 g/mol. The molecule has 0 aliphatic carbocycles. The van der Waals surface area contributed by atoms with Gasteiger partial charge in [0.05, 0.1) is 14.2 Å². The van der Waals surface area contributed by atoms with Crippen LogP contribution in [0.5, 0.6) is 17.2 Å². The molecule has 0 fully saturated rings. The second-order valence-corrected chi connectivity index (χ2v) is 6.08. The molecule has 142 valence electrons. The number of hydrogen-bond acceptors (Lipinski definition) is 4. The summed E-state index contributed by atoms with van der Waals surface area (Å²) in [7, 11) is 3.16. The molecule has 4 heteroatoms. The maximum Gasteiger partial charge on any atom is 0.193 e. The molecular weight excluding hydrogens is 352 g/mol. The molecule has 28 heavy (non-hydrogen) atoms. The van der Waals surface area contributed by atoms with Gasteiger partial charge in [-0.2, -0.15) is 0 Å². The van der Waals surface area contributed by atoms with Crippen LogP contribution in [0.25, 0.3) is 6.08 Å². The van der Waals surface area contributed by atoms with Crippen molar-refractivity contribution in [3.63, 3.8) is 0 Å². The second-order valence-electron chi connectivity index (χ2n) is 6.08. The Labute approximate surface area is 165 Å². The highest BCUT2D eigenvalue weighted by Crippen LogP contribution is 2.30. The summed E-state index contributed by atoms with van der Waals surface area (Å²) < 4.78 is 16.5. The van der Waals surface area contributed by atoms with Crippen molar-refractivity contribution < 1.29 is 19.0 Å². The molecule has 0 unspecified atom stereocenters. The highest BCUT2D eigenvalue weighted by molar-refractivity contribution is 6.10. The molecule has 0 aliphatic heterocycles. The first kappa shape index (κ1) is 19.2. The highest BCUT2D eigenvalue weighted by atomic mass is 16.5. The molecule has 0 amide bonds. The first-order chi connectivity index (χ1) is 13.7. The summed E-state index contributed by atoms with van der Waals surface area (Å²) in [6.45, 7) is 0.372.